The molecule has 1 aromatic carbocycles. The molecule has 9 heteroatoms. The summed E-state index contributed by atoms with van der Waals surface area (Å²) in [5.41, 5.74) is 1.89. The average Bonchev–Trinajstić information content (AvgIpc) is 3.27. The van der Waals surface area contributed by atoms with Crippen LogP contribution in [0.4, 0.5) is 5.82 Å². The maximum Gasteiger partial charge on any atom is 0.263 e. The summed E-state index contributed by atoms with van der Waals surface area (Å²) in [5, 5.41) is 10.2. The molecule has 0 radical (unpaired) electrons. The van der Waals surface area contributed by atoms with Crippen LogP contribution in [0.2, 0.25) is 0 Å². The number of rotatable bonds is 9. The zero-order chi connectivity index (χ0) is 19.9. The highest BCUT2D eigenvalue weighted by Crippen LogP contribution is 2.34. The minimum atomic E-state index is -0.308. The molecule has 3 rings (SSSR count). The number of aromatic nitrogens is 2. The average molecular weight is 404 g/mol. The second kappa shape index (κ2) is 9.50. The van der Waals surface area contributed by atoms with Crippen molar-refractivity contribution in [2.45, 2.75) is 31.4 Å². The van der Waals surface area contributed by atoms with Crippen molar-refractivity contribution in [3.8, 4) is 11.5 Å². The van der Waals surface area contributed by atoms with Gasteiger partial charge in [0.25, 0.3) is 5.91 Å². The fourth-order valence-electron chi connectivity index (χ4n) is 2.78. The summed E-state index contributed by atoms with van der Waals surface area (Å²) in [6, 6.07) is 7.06. The summed E-state index contributed by atoms with van der Waals surface area (Å²) in [7, 11) is 1.57. The molecule has 150 valence electrons. The van der Waals surface area contributed by atoms with Crippen LogP contribution in [0.1, 0.15) is 24.6 Å². The number of nitrogens with one attached hydrogen (secondary N) is 2. The first kappa shape index (κ1) is 20.1. The lowest BCUT2D eigenvalue weighted by atomic mass is 10.3. The first-order valence-corrected chi connectivity index (χ1v) is 10.3. The van der Waals surface area contributed by atoms with E-state index in [0.29, 0.717) is 23.9 Å². The number of carbonyl (C=O) groups excluding carboxylic acids is 2. The summed E-state index contributed by atoms with van der Waals surface area (Å²) >= 11 is 1.73. The highest BCUT2D eigenvalue weighted by molar-refractivity contribution is 7.98. The number of benzene rings is 1. The number of amides is 2. The normalized spacial score (nSPS) is 12.4. The molecule has 8 nitrogen and oxygen atoms in total. The molecule has 28 heavy (non-hydrogen) atoms. The van der Waals surface area contributed by atoms with Crippen molar-refractivity contribution in [2.24, 2.45) is 0 Å². The fraction of sp³-hybridized carbons (Fsp3) is 0.421. The highest BCUT2D eigenvalue weighted by atomic mass is 32.2. The lowest BCUT2D eigenvalue weighted by Gasteiger charge is -2.12. The van der Waals surface area contributed by atoms with E-state index in [1.54, 1.807) is 47.8 Å². The number of nitrogens with zero attached hydrogens (tertiary/aromatic N) is 2. The van der Waals surface area contributed by atoms with E-state index in [2.05, 4.69) is 15.7 Å². The number of ether oxygens (including phenoxy) is 2. The van der Waals surface area contributed by atoms with Crippen molar-refractivity contribution in [1.82, 2.24) is 15.1 Å². The lowest BCUT2D eigenvalue weighted by Crippen LogP contribution is -2.30. The number of anilines is 1. The largest absolute Gasteiger partial charge is 0.497 e. The zero-order valence-corrected chi connectivity index (χ0v) is 16.8. The minimum Gasteiger partial charge on any atom is -0.497 e. The monoisotopic (exact) mass is 404 g/mol. The van der Waals surface area contributed by atoms with Gasteiger partial charge in [-0.1, -0.05) is 13.0 Å². The number of hydrogen-bond acceptors (Lipinski definition) is 6. The number of fused-ring (bicyclic) bond motifs is 1. The summed E-state index contributed by atoms with van der Waals surface area (Å²) < 4.78 is 12.3. The Morgan fingerprint density at radius 3 is 2.86 bits per heavy atom. The Hall–Kier alpha value is -2.68. The summed E-state index contributed by atoms with van der Waals surface area (Å²) in [6.45, 7) is 2.53. The standard InChI is InChI=1S/C19H24N4O4S/c1-3-7-20-17(24)9-23-19(15-11-28-12-16(15)22-23)21-18(25)10-27-14-6-4-5-13(8-14)26-2/h4-6,8H,3,7,9-12H2,1-2H3,(H,20,24)(H,21,25). The molecule has 2 heterocycles. The van der Waals surface area contributed by atoms with E-state index in [1.165, 1.54) is 0 Å². The quantitative estimate of drug-likeness (QED) is 0.665. The lowest BCUT2D eigenvalue weighted by molar-refractivity contribution is -0.122. The molecular formula is C19H24N4O4S. The number of hydrogen-bond donors (Lipinski definition) is 2. The Balaban J connectivity index is 1.65. The van der Waals surface area contributed by atoms with Crippen molar-refractivity contribution in [3.05, 3.63) is 35.5 Å². The van der Waals surface area contributed by atoms with E-state index in [0.717, 1.165) is 29.2 Å². The molecule has 0 saturated carbocycles. The zero-order valence-electron chi connectivity index (χ0n) is 16.0. The molecule has 0 atom stereocenters. The van der Waals surface area contributed by atoms with Crippen molar-refractivity contribution >= 4 is 29.4 Å². The van der Waals surface area contributed by atoms with Crippen LogP contribution in [0, 0.1) is 0 Å². The number of thioether (sulfide) groups is 1. The van der Waals surface area contributed by atoms with Crippen LogP contribution in [0.3, 0.4) is 0 Å². The van der Waals surface area contributed by atoms with Crippen molar-refractivity contribution < 1.29 is 19.1 Å². The van der Waals surface area contributed by atoms with Gasteiger partial charge in [-0.25, -0.2) is 4.68 Å². The van der Waals surface area contributed by atoms with E-state index in [-0.39, 0.29) is 25.0 Å². The number of carbonyl (C=O) groups is 2. The Kier molecular flexibility index (Phi) is 6.80. The third-order valence-corrected chi connectivity index (χ3v) is 5.12. The molecule has 2 amide bonds. The number of methoxy groups -OCH3 is 1. The van der Waals surface area contributed by atoms with Gasteiger partial charge in [0, 0.05) is 29.7 Å². The van der Waals surface area contributed by atoms with Gasteiger partial charge < -0.3 is 20.1 Å². The van der Waals surface area contributed by atoms with E-state index in [1.807, 2.05) is 6.92 Å². The van der Waals surface area contributed by atoms with Gasteiger partial charge >= 0.3 is 0 Å². The molecule has 1 aliphatic rings. The second-order valence-corrected chi connectivity index (χ2v) is 7.28. The maximum atomic E-state index is 12.4. The van der Waals surface area contributed by atoms with E-state index in [9.17, 15) is 9.59 Å². The van der Waals surface area contributed by atoms with Gasteiger partial charge in [0.15, 0.2) is 6.61 Å². The molecule has 1 aromatic heterocycles. The molecule has 2 N–H and O–H groups in total. The van der Waals surface area contributed by atoms with Gasteiger partial charge in [-0.3, -0.25) is 9.59 Å². The Labute approximate surface area is 168 Å². The van der Waals surface area contributed by atoms with Crippen LogP contribution in [-0.4, -0.2) is 41.9 Å². The Morgan fingerprint density at radius 2 is 2.07 bits per heavy atom. The third-order valence-electron chi connectivity index (χ3n) is 4.15. The van der Waals surface area contributed by atoms with Crippen molar-refractivity contribution in [1.29, 1.82) is 0 Å². The van der Waals surface area contributed by atoms with Crippen molar-refractivity contribution in [2.75, 3.05) is 25.6 Å². The van der Waals surface area contributed by atoms with Gasteiger partial charge in [-0.15, -0.1) is 0 Å². The van der Waals surface area contributed by atoms with E-state index < -0.39 is 0 Å². The third kappa shape index (κ3) is 4.98. The molecule has 0 unspecified atom stereocenters. The first-order valence-electron chi connectivity index (χ1n) is 9.10. The molecule has 0 spiro atoms. The van der Waals surface area contributed by atoms with Gasteiger partial charge in [0.1, 0.15) is 23.9 Å². The van der Waals surface area contributed by atoms with Crippen LogP contribution in [0.5, 0.6) is 11.5 Å². The van der Waals surface area contributed by atoms with Gasteiger partial charge in [0.05, 0.1) is 12.8 Å². The summed E-state index contributed by atoms with van der Waals surface area (Å²) in [6.07, 6.45) is 0.864. The van der Waals surface area contributed by atoms with E-state index in [4.69, 9.17) is 9.47 Å². The molecule has 1 aliphatic heterocycles. The predicted octanol–water partition coefficient (Wildman–Crippen LogP) is 2.18. The maximum absolute atomic E-state index is 12.4. The molecule has 2 aromatic rings. The topological polar surface area (TPSA) is 94.5 Å². The van der Waals surface area contributed by atoms with E-state index >= 15 is 0 Å². The second-order valence-electron chi connectivity index (χ2n) is 6.29. The van der Waals surface area contributed by atoms with Crippen LogP contribution >= 0.6 is 11.8 Å². The Bertz CT molecular complexity index is 852. The molecular weight excluding hydrogens is 380 g/mol. The Morgan fingerprint density at radius 1 is 1.25 bits per heavy atom. The summed E-state index contributed by atoms with van der Waals surface area (Å²) in [4.78, 5) is 24.5. The first-order chi connectivity index (χ1) is 13.6. The molecule has 0 bridgehead atoms. The summed E-state index contributed by atoms with van der Waals surface area (Å²) in [5.74, 6) is 2.88. The fourth-order valence-corrected chi connectivity index (χ4v) is 3.82. The molecule has 0 saturated heterocycles. The van der Waals surface area contributed by atoms with Gasteiger partial charge in [0.2, 0.25) is 5.91 Å². The van der Waals surface area contributed by atoms with Gasteiger partial charge in [-0.05, 0) is 18.6 Å². The van der Waals surface area contributed by atoms with Crippen LogP contribution in [-0.2, 0) is 27.6 Å². The smallest absolute Gasteiger partial charge is 0.263 e. The highest BCUT2D eigenvalue weighted by Gasteiger charge is 2.25. The van der Waals surface area contributed by atoms with Crippen LogP contribution < -0.4 is 20.1 Å². The van der Waals surface area contributed by atoms with Crippen LogP contribution in [0.25, 0.3) is 0 Å². The molecule has 0 fully saturated rings. The molecule has 0 aliphatic carbocycles. The van der Waals surface area contributed by atoms with Crippen molar-refractivity contribution in [3.63, 3.8) is 0 Å². The van der Waals surface area contributed by atoms with Crippen LogP contribution in [0.15, 0.2) is 24.3 Å². The minimum absolute atomic E-state index is 0.0734. The SMILES string of the molecule is CCCNC(=O)Cn1nc2c(c1NC(=O)COc1cccc(OC)c1)CSC2. The van der Waals surface area contributed by atoms with Gasteiger partial charge in [-0.2, -0.15) is 16.9 Å². The predicted molar refractivity (Wildman–Crippen MR) is 108 cm³/mol.